The van der Waals surface area contributed by atoms with Gasteiger partial charge in [-0.2, -0.15) is 4.31 Å². The van der Waals surface area contributed by atoms with Gasteiger partial charge in [0.05, 0.1) is 11.0 Å². The summed E-state index contributed by atoms with van der Waals surface area (Å²) in [4.78, 5) is 9.85. The second-order valence-corrected chi connectivity index (χ2v) is 6.29. The van der Waals surface area contributed by atoms with Crippen molar-refractivity contribution in [1.82, 2.24) is 4.31 Å². The molecule has 0 amide bonds. The molecule has 8 heteroatoms. The first-order valence-corrected chi connectivity index (χ1v) is 7.28. The van der Waals surface area contributed by atoms with Crippen molar-refractivity contribution in [3.8, 4) is 0 Å². The first-order valence-electron chi connectivity index (χ1n) is 5.84. The van der Waals surface area contributed by atoms with Crippen LogP contribution in [0, 0.1) is 10.1 Å². The van der Waals surface area contributed by atoms with Crippen molar-refractivity contribution in [2.24, 2.45) is 0 Å². The number of benzene rings is 1. The van der Waals surface area contributed by atoms with Crippen molar-refractivity contribution >= 4 is 15.7 Å². The van der Waals surface area contributed by atoms with Crippen LogP contribution in [0.2, 0.25) is 0 Å². The lowest BCUT2D eigenvalue weighted by molar-refractivity contribution is -0.387. The molecular formula is C11H14N2O5S. The van der Waals surface area contributed by atoms with Gasteiger partial charge in [0.2, 0.25) is 10.0 Å². The highest BCUT2D eigenvalue weighted by molar-refractivity contribution is 7.89. The number of nitrogens with zero attached hydrogens (tertiary/aromatic N) is 2. The Morgan fingerprint density at radius 2 is 2.05 bits per heavy atom. The molecule has 1 saturated heterocycles. The van der Waals surface area contributed by atoms with Crippen LogP contribution in [0.3, 0.4) is 0 Å². The van der Waals surface area contributed by atoms with Crippen molar-refractivity contribution in [2.75, 3.05) is 13.1 Å². The molecule has 0 aliphatic carbocycles. The van der Waals surface area contributed by atoms with Gasteiger partial charge in [-0.25, -0.2) is 8.42 Å². The van der Waals surface area contributed by atoms with Crippen molar-refractivity contribution in [3.63, 3.8) is 0 Å². The quantitative estimate of drug-likeness (QED) is 0.652. The molecule has 1 unspecified atom stereocenters. The smallest absolute Gasteiger partial charge is 0.289 e. The van der Waals surface area contributed by atoms with Crippen LogP contribution in [0.5, 0.6) is 0 Å². The van der Waals surface area contributed by atoms with Gasteiger partial charge in [0.15, 0.2) is 4.90 Å². The number of nitro benzene ring substituents is 1. The summed E-state index contributed by atoms with van der Waals surface area (Å²) in [5.74, 6) is 0. The minimum atomic E-state index is -3.94. The Hall–Kier alpha value is -1.51. The van der Waals surface area contributed by atoms with Crippen molar-refractivity contribution < 1.29 is 18.4 Å². The lowest BCUT2D eigenvalue weighted by Crippen LogP contribution is -2.42. The Kier molecular flexibility index (Phi) is 3.83. The second-order valence-electron chi connectivity index (χ2n) is 4.38. The minimum Gasteiger partial charge on any atom is -0.392 e. The molecule has 19 heavy (non-hydrogen) atoms. The van der Waals surface area contributed by atoms with Crippen molar-refractivity contribution in [2.45, 2.75) is 23.8 Å². The zero-order valence-corrected chi connectivity index (χ0v) is 10.9. The summed E-state index contributed by atoms with van der Waals surface area (Å²) < 4.78 is 25.8. The summed E-state index contributed by atoms with van der Waals surface area (Å²) in [6, 6.07) is 5.24. The number of sulfonamides is 1. The molecule has 1 aromatic rings. The maximum atomic E-state index is 12.4. The standard InChI is InChI=1S/C11H14N2O5S/c14-9-4-3-7-12(8-9)19(17,18)11-6-2-1-5-10(11)13(15)16/h1-2,5-6,9,14H,3-4,7-8H2. The van der Waals surface area contributed by atoms with Gasteiger partial charge >= 0.3 is 0 Å². The molecule has 0 bridgehead atoms. The predicted octanol–water partition coefficient (Wildman–Crippen LogP) is 0.740. The molecule has 1 aliphatic heterocycles. The maximum Gasteiger partial charge on any atom is 0.289 e. The summed E-state index contributed by atoms with van der Waals surface area (Å²) >= 11 is 0. The Bertz CT molecular complexity index is 587. The summed E-state index contributed by atoms with van der Waals surface area (Å²) in [6.45, 7) is 0.250. The number of nitro groups is 1. The first kappa shape index (κ1) is 13.9. The molecule has 0 saturated carbocycles. The number of β-amino-alcohol motifs (C(OH)–C–C–N with tert-alkyl or cyclic N) is 1. The Morgan fingerprint density at radius 3 is 2.68 bits per heavy atom. The van der Waals surface area contributed by atoms with Gasteiger partial charge in [0, 0.05) is 19.2 Å². The highest BCUT2D eigenvalue weighted by atomic mass is 32.2. The third-order valence-electron chi connectivity index (χ3n) is 3.04. The number of aliphatic hydroxyl groups is 1. The van der Waals surface area contributed by atoms with E-state index in [1.165, 1.54) is 18.2 Å². The molecule has 1 atom stereocenters. The minimum absolute atomic E-state index is 0.0195. The van der Waals surface area contributed by atoms with E-state index in [0.29, 0.717) is 12.8 Å². The maximum absolute atomic E-state index is 12.4. The van der Waals surface area contributed by atoms with Crippen molar-refractivity contribution in [1.29, 1.82) is 0 Å². The van der Waals surface area contributed by atoms with Crippen LogP contribution >= 0.6 is 0 Å². The molecule has 7 nitrogen and oxygen atoms in total. The SMILES string of the molecule is O=[N+]([O-])c1ccccc1S(=O)(=O)N1CCCC(O)C1. The number of hydrogen-bond acceptors (Lipinski definition) is 5. The van der Waals surface area contributed by atoms with Gasteiger partial charge in [-0.1, -0.05) is 12.1 Å². The number of piperidine rings is 1. The fourth-order valence-electron chi connectivity index (χ4n) is 2.10. The summed E-state index contributed by atoms with van der Waals surface area (Å²) in [5, 5.41) is 20.4. The molecule has 104 valence electrons. The summed E-state index contributed by atoms with van der Waals surface area (Å²) in [6.07, 6.45) is 0.371. The molecular weight excluding hydrogens is 272 g/mol. The Labute approximate surface area is 110 Å². The fourth-order valence-corrected chi connectivity index (χ4v) is 3.78. The van der Waals surface area contributed by atoms with Gasteiger partial charge in [-0.3, -0.25) is 10.1 Å². The van der Waals surface area contributed by atoms with Gasteiger partial charge < -0.3 is 5.11 Å². The predicted molar refractivity (Wildman–Crippen MR) is 67.1 cm³/mol. The molecule has 1 heterocycles. The van der Waals surface area contributed by atoms with E-state index in [1.54, 1.807) is 0 Å². The zero-order valence-electron chi connectivity index (χ0n) is 10.1. The lowest BCUT2D eigenvalue weighted by atomic mass is 10.1. The second kappa shape index (κ2) is 5.24. The van der Waals surface area contributed by atoms with Crippen LogP contribution in [-0.2, 0) is 10.0 Å². The average Bonchev–Trinajstić information content (AvgIpc) is 2.38. The normalized spacial score (nSPS) is 21.2. The van der Waals surface area contributed by atoms with Crippen LogP contribution in [-0.4, -0.2) is 41.9 Å². The molecule has 1 fully saturated rings. The highest BCUT2D eigenvalue weighted by Crippen LogP contribution is 2.28. The van der Waals surface area contributed by atoms with Crippen LogP contribution < -0.4 is 0 Å². The van der Waals surface area contributed by atoms with Gasteiger partial charge in [0.25, 0.3) is 5.69 Å². The van der Waals surface area contributed by atoms with Gasteiger partial charge in [-0.15, -0.1) is 0 Å². The van der Waals surface area contributed by atoms with E-state index < -0.39 is 26.7 Å². The lowest BCUT2D eigenvalue weighted by Gasteiger charge is -2.28. The van der Waals surface area contributed by atoms with E-state index in [0.717, 1.165) is 10.4 Å². The number of para-hydroxylation sites is 1. The Balaban J connectivity index is 2.42. The molecule has 0 spiro atoms. The van der Waals surface area contributed by atoms with Crippen LogP contribution in [0.25, 0.3) is 0 Å². The first-order chi connectivity index (χ1) is 8.93. The van der Waals surface area contributed by atoms with Crippen molar-refractivity contribution in [3.05, 3.63) is 34.4 Å². The monoisotopic (exact) mass is 286 g/mol. The molecule has 2 rings (SSSR count). The van der Waals surface area contributed by atoms with E-state index in [9.17, 15) is 23.6 Å². The summed E-state index contributed by atoms with van der Waals surface area (Å²) in [5.41, 5.74) is -0.442. The molecule has 0 radical (unpaired) electrons. The fraction of sp³-hybridized carbons (Fsp3) is 0.455. The zero-order chi connectivity index (χ0) is 14.0. The third kappa shape index (κ3) is 2.75. The van der Waals surface area contributed by atoms with Crippen LogP contribution in [0.1, 0.15) is 12.8 Å². The molecule has 1 aromatic carbocycles. The number of hydrogen-bond donors (Lipinski definition) is 1. The highest BCUT2D eigenvalue weighted by Gasteiger charge is 2.33. The van der Waals surface area contributed by atoms with Crippen LogP contribution in [0.15, 0.2) is 29.2 Å². The Morgan fingerprint density at radius 1 is 1.37 bits per heavy atom. The molecule has 0 aromatic heterocycles. The van der Waals surface area contributed by atoms with E-state index in [4.69, 9.17) is 0 Å². The average molecular weight is 286 g/mol. The number of rotatable bonds is 3. The van der Waals surface area contributed by atoms with E-state index >= 15 is 0 Å². The van der Waals surface area contributed by atoms with E-state index in [1.807, 2.05) is 0 Å². The van der Waals surface area contributed by atoms with E-state index in [2.05, 4.69) is 0 Å². The largest absolute Gasteiger partial charge is 0.392 e. The summed E-state index contributed by atoms with van der Waals surface area (Å²) in [7, 11) is -3.94. The number of aliphatic hydroxyl groups excluding tert-OH is 1. The van der Waals surface area contributed by atoms with Gasteiger partial charge in [0.1, 0.15) is 0 Å². The molecule has 1 aliphatic rings. The topological polar surface area (TPSA) is 101 Å². The van der Waals surface area contributed by atoms with Crippen LogP contribution in [0.4, 0.5) is 5.69 Å². The molecule has 1 N–H and O–H groups in total. The van der Waals surface area contributed by atoms with Gasteiger partial charge in [-0.05, 0) is 18.9 Å². The van der Waals surface area contributed by atoms with E-state index in [-0.39, 0.29) is 18.0 Å². The third-order valence-corrected chi connectivity index (χ3v) is 4.95.